The predicted octanol–water partition coefficient (Wildman–Crippen LogP) is 1.94. The van der Waals surface area contributed by atoms with Crippen LogP contribution in [0.5, 0.6) is 0 Å². The molecule has 15 heavy (non-hydrogen) atoms. The molecule has 76 valence electrons. The Morgan fingerprint density at radius 3 is 2.93 bits per heavy atom. The Hall–Kier alpha value is -1.90. The number of hydrogen-bond acceptors (Lipinski definition) is 2. The van der Waals surface area contributed by atoms with Crippen LogP contribution in [0, 0.1) is 0 Å². The number of carbonyl (C=O) groups excluding carboxylic acids is 2. The Balaban J connectivity index is 2.38. The summed E-state index contributed by atoms with van der Waals surface area (Å²) in [5.41, 5.74) is 2.45. The van der Waals surface area contributed by atoms with E-state index in [0.29, 0.717) is 18.4 Å². The molecule has 1 aliphatic rings. The van der Waals surface area contributed by atoms with E-state index in [1.54, 1.807) is 12.1 Å². The topological polar surface area (TPSA) is 46.2 Å². The molecule has 0 saturated heterocycles. The first-order valence-electron chi connectivity index (χ1n) is 4.80. The Labute approximate surface area is 87.8 Å². The van der Waals surface area contributed by atoms with Gasteiger partial charge >= 0.3 is 0 Å². The molecule has 0 radical (unpaired) electrons. The highest BCUT2D eigenvalue weighted by atomic mass is 16.1. The van der Waals surface area contributed by atoms with E-state index < -0.39 is 0 Å². The van der Waals surface area contributed by atoms with Gasteiger partial charge in [-0.25, -0.2) is 0 Å². The van der Waals surface area contributed by atoms with E-state index in [2.05, 4.69) is 11.9 Å². The van der Waals surface area contributed by atoms with Gasteiger partial charge in [0, 0.05) is 17.7 Å². The standard InChI is InChI=1S/C12H11NO2/c1-2-11(14)9-3-5-10-8(7-9)4-6-12(15)13-10/h2-3,5,7H,1,4,6H2,(H,13,15). The van der Waals surface area contributed by atoms with Crippen LogP contribution in [0.4, 0.5) is 5.69 Å². The number of fused-ring (bicyclic) bond motifs is 1. The second-order valence-corrected chi connectivity index (χ2v) is 3.49. The minimum Gasteiger partial charge on any atom is -0.326 e. The van der Waals surface area contributed by atoms with Crippen LogP contribution in [-0.2, 0) is 11.2 Å². The fourth-order valence-corrected chi connectivity index (χ4v) is 1.65. The molecule has 0 fully saturated rings. The molecule has 0 spiro atoms. The van der Waals surface area contributed by atoms with Crippen LogP contribution in [0.15, 0.2) is 30.9 Å². The summed E-state index contributed by atoms with van der Waals surface area (Å²) in [6, 6.07) is 5.29. The smallest absolute Gasteiger partial charge is 0.224 e. The highest BCUT2D eigenvalue weighted by Crippen LogP contribution is 2.23. The van der Waals surface area contributed by atoms with E-state index in [0.717, 1.165) is 11.3 Å². The summed E-state index contributed by atoms with van der Waals surface area (Å²) >= 11 is 0. The summed E-state index contributed by atoms with van der Waals surface area (Å²) in [5.74, 6) is -0.0556. The number of nitrogens with one attached hydrogen (secondary N) is 1. The maximum Gasteiger partial charge on any atom is 0.224 e. The highest BCUT2D eigenvalue weighted by Gasteiger charge is 2.15. The van der Waals surface area contributed by atoms with Crippen LogP contribution < -0.4 is 5.32 Å². The van der Waals surface area contributed by atoms with Gasteiger partial charge in [-0.3, -0.25) is 9.59 Å². The molecule has 0 aliphatic carbocycles. The number of carbonyl (C=O) groups is 2. The van der Waals surface area contributed by atoms with Crippen LogP contribution in [0.1, 0.15) is 22.3 Å². The molecule has 0 saturated carbocycles. The lowest BCUT2D eigenvalue weighted by Crippen LogP contribution is -2.19. The summed E-state index contributed by atoms with van der Waals surface area (Å²) in [6.45, 7) is 3.44. The minimum absolute atomic E-state index is 0.0327. The molecule has 0 atom stereocenters. The van der Waals surface area contributed by atoms with Crippen molar-refractivity contribution in [2.75, 3.05) is 5.32 Å². The zero-order valence-electron chi connectivity index (χ0n) is 8.25. The van der Waals surface area contributed by atoms with Gasteiger partial charge in [-0.05, 0) is 36.3 Å². The van der Waals surface area contributed by atoms with Gasteiger partial charge in [0.2, 0.25) is 5.91 Å². The van der Waals surface area contributed by atoms with E-state index in [-0.39, 0.29) is 11.7 Å². The molecule has 1 heterocycles. The van der Waals surface area contributed by atoms with Crippen molar-refractivity contribution in [1.29, 1.82) is 0 Å². The largest absolute Gasteiger partial charge is 0.326 e. The number of benzene rings is 1. The number of aryl methyl sites for hydroxylation is 1. The number of rotatable bonds is 2. The van der Waals surface area contributed by atoms with Crippen molar-refractivity contribution < 1.29 is 9.59 Å². The third-order valence-corrected chi connectivity index (χ3v) is 2.47. The lowest BCUT2D eigenvalue weighted by Gasteiger charge is -2.16. The van der Waals surface area contributed by atoms with Crippen LogP contribution in [0.2, 0.25) is 0 Å². The second-order valence-electron chi connectivity index (χ2n) is 3.49. The van der Waals surface area contributed by atoms with Gasteiger partial charge in [-0.1, -0.05) is 6.58 Å². The fraction of sp³-hybridized carbons (Fsp3) is 0.167. The Kier molecular flexibility index (Phi) is 2.37. The van der Waals surface area contributed by atoms with Gasteiger partial charge in [-0.2, -0.15) is 0 Å². The Morgan fingerprint density at radius 1 is 1.40 bits per heavy atom. The van der Waals surface area contributed by atoms with Crippen molar-refractivity contribution >= 4 is 17.4 Å². The molecule has 0 unspecified atom stereocenters. The number of amides is 1. The van der Waals surface area contributed by atoms with Crippen LogP contribution in [-0.4, -0.2) is 11.7 Å². The van der Waals surface area contributed by atoms with Gasteiger partial charge in [0.15, 0.2) is 5.78 Å². The Bertz CT molecular complexity index is 449. The number of ketones is 1. The molecule has 1 aromatic carbocycles. The third kappa shape index (κ3) is 1.81. The zero-order valence-corrected chi connectivity index (χ0v) is 8.25. The van der Waals surface area contributed by atoms with Gasteiger partial charge in [0.1, 0.15) is 0 Å². The number of anilines is 1. The van der Waals surface area contributed by atoms with E-state index in [4.69, 9.17) is 0 Å². The number of allylic oxidation sites excluding steroid dienone is 1. The fourth-order valence-electron chi connectivity index (χ4n) is 1.65. The highest BCUT2D eigenvalue weighted by molar-refractivity contribution is 6.05. The average Bonchev–Trinajstić information content (AvgIpc) is 2.27. The molecule has 3 heteroatoms. The molecule has 1 aliphatic heterocycles. The molecule has 2 rings (SSSR count). The quantitative estimate of drug-likeness (QED) is 0.587. The monoisotopic (exact) mass is 201 g/mol. The minimum atomic E-state index is -0.0882. The van der Waals surface area contributed by atoms with Gasteiger partial charge in [0.25, 0.3) is 0 Å². The maximum absolute atomic E-state index is 11.4. The molecule has 0 bridgehead atoms. The SMILES string of the molecule is C=CC(=O)c1ccc2c(c1)CCC(=O)N2. The van der Waals surface area contributed by atoms with E-state index in [9.17, 15) is 9.59 Å². The number of hydrogen-bond donors (Lipinski definition) is 1. The van der Waals surface area contributed by atoms with Crippen molar-refractivity contribution in [1.82, 2.24) is 0 Å². The van der Waals surface area contributed by atoms with E-state index in [1.807, 2.05) is 6.07 Å². The molecule has 1 aromatic rings. The maximum atomic E-state index is 11.4. The second kappa shape index (κ2) is 3.69. The van der Waals surface area contributed by atoms with Gasteiger partial charge in [0.05, 0.1) is 0 Å². The van der Waals surface area contributed by atoms with Crippen LogP contribution in [0.25, 0.3) is 0 Å². The van der Waals surface area contributed by atoms with Crippen molar-refractivity contribution in [3.8, 4) is 0 Å². The van der Waals surface area contributed by atoms with E-state index in [1.165, 1.54) is 6.08 Å². The molecule has 0 aromatic heterocycles. The summed E-state index contributed by atoms with van der Waals surface area (Å²) < 4.78 is 0. The first-order chi connectivity index (χ1) is 7.20. The zero-order chi connectivity index (χ0) is 10.8. The van der Waals surface area contributed by atoms with Crippen molar-refractivity contribution in [3.63, 3.8) is 0 Å². The van der Waals surface area contributed by atoms with Gasteiger partial charge < -0.3 is 5.32 Å². The van der Waals surface area contributed by atoms with Crippen LogP contribution in [0.3, 0.4) is 0 Å². The lowest BCUT2D eigenvalue weighted by molar-refractivity contribution is -0.116. The molecular weight excluding hydrogens is 190 g/mol. The lowest BCUT2D eigenvalue weighted by atomic mass is 9.99. The first kappa shape index (κ1) is 9.65. The summed E-state index contributed by atoms with van der Waals surface area (Å²) in [4.78, 5) is 22.5. The van der Waals surface area contributed by atoms with Crippen molar-refractivity contribution in [2.45, 2.75) is 12.8 Å². The predicted molar refractivity (Wildman–Crippen MR) is 57.9 cm³/mol. The van der Waals surface area contributed by atoms with Crippen LogP contribution >= 0.6 is 0 Å². The third-order valence-electron chi connectivity index (χ3n) is 2.47. The normalized spacial score (nSPS) is 14.0. The molecule has 1 N–H and O–H groups in total. The van der Waals surface area contributed by atoms with E-state index >= 15 is 0 Å². The average molecular weight is 201 g/mol. The Morgan fingerprint density at radius 2 is 2.20 bits per heavy atom. The van der Waals surface area contributed by atoms with Crippen molar-refractivity contribution in [2.24, 2.45) is 0 Å². The van der Waals surface area contributed by atoms with Crippen molar-refractivity contribution in [3.05, 3.63) is 42.0 Å². The molecule has 1 amide bonds. The first-order valence-corrected chi connectivity index (χ1v) is 4.80. The molecular formula is C12H11NO2. The molecule has 3 nitrogen and oxygen atoms in total. The summed E-state index contributed by atoms with van der Waals surface area (Å²) in [6.07, 6.45) is 2.47. The summed E-state index contributed by atoms with van der Waals surface area (Å²) in [5, 5.41) is 2.77. The summed E-state index contributed by atoms with van der Waals surface area (Å²) in [7, 11) is 0. The van der Waals surface area contributed by atoms with Gasteiger partial charge in [-0.15, -0.1) is 0 Å².